The van der Waals surface area contributed by atoms with E-state index in [-0.39, 0.29) is 5.92 Å². The number of aliphatic imine (C=N–C) groups is 1. The van der Waals surface area contributed by atoms with E-state index < -0.39 is 12.7 Å². The summed E-state index contributed by atoms with van der Waals surface area (Å²) in [5.74, 6) is 2.07. The summed E-state index contributed by atoms with van der Waals surface area (Å²) in [5, 5.41) is 3.33. The molecule has 1 atom stereocenters. The summed E-state index contributed by atoms with van der Waals surface area (Å²) in [7, 11) is 0. The molecule has 0 radical (unpaired) electrons. The molecule has 140 valence electrons. The normalized spacial score (nSPS) is 22.5. The topological polar surface area (TPSA) is 30.9 Å². The van der Waals surface area contributed by atoms with Crippen LogP contribution in [0.2, 0.25) is 0 Å². The highest BCUT2D eigenvalue weighted by atomic mass is 19.4. The van der Waals surface area contributed by atoms with Gasteiger partial charge >= 0.3 is 6.18 Å². The number of hydrogen-bond donors (Lipinski definition) is 1. The van der Waals surface area contributed by atoms with E-state index in [1.165, 1.54) is 17.7 Å². The van der Waals surface area contributed by atoms with Crippen LogP contribution in [0.25, 0.3) is 0 Å². The number of guanidine groups is 1. The lowest BCUT2D eigenvalue weighted by atomic mass is 10.1. The van der Waals surface area contributed by atoms with Crippen LogP contribution < -0.4 is 5.32 Å². The first kappa shape index (κ1) is 19.3. The van der Waals surface area contributed by atoms with Crippen molar-refractivity contribution >= 4 is 5.96 Å². The van der Waals surface area contributed by atoms with Crippen molar-refractivity contribution in [1.82, 2.24) is 15.1 Å². The molecule has 1 aliphatic heterocycles. The van der Waals surface area contributed by atoms with E-state index in [0.717, 1.165) is 50.9 Å². The third-order valence-electron chi connectivity index (χ3n) is 4.78. The molecule has 2 fully saturated rings. The van der Waals surface area contributed by atoms with Crippen LogP contribution >= 0.6 is 0 Å². The molecule has 7 heteroatoms. The van der Waals surface area contributed by atoms with Crippen molar-refractivity contribution in [3.8, 4) is 0 Å². The van der Waals surface area contributed by atoms with Crippen LogP contribution in [0.5, 0.6) is 0 Å². The van der Waals surface area contributed by atoms with Crippen LogP contribution in [0.4, 0.5) is 13.2 Å². The quantitative estimate of drug-likeness (QED) is 0.540. The van der Waals surface area contributed by atoms with Gasteiger partial charge in [0.25, 0.3) is 0 Å². The fourth-order valence-corrected chi connectivity index (χ4v) is 3.28. The van der Waals surface area contributed by atoms with Crippen LogP contribution in [0.3, 0.4) is 0 Å². The maximum absolute atomic E-state index is 12.6. The number of halogens is 3. The molecule has 0 aromatic heterocycles. The average molecular weight is 348 g/mol. The Morgan fingerprint density at radius 2 is 1.96 bits per heavy atom. The molecule has 24 heavy (non-hydrogen) atoms. The van der Waals surface area contributed by atoms with Gasteiger partial charge in [0.05, 0.1) is 6.54 Å². The van der Waals surface area contributed by atoms with Crippen molar-refractivity contribution in [2.24, 2.45) is 16.8 Å². The molecule has 2 rings (SSSR count). The van der Waals surface area contributed by atoms with Crippen molar-refractivity contribution < 1.29 is 13.2 Å². The number of rotatable bonds is 8. The van der Waals surface area contributed by atoms with Gasteiger partial charge in [-0.15, -0.1) is 0 Å². The van der Waals surface area contributed by atoms with Crippen LogP contribution in [-0.2, 0) is 0 Å². The summed E-state index contributed by atoms with van der Waals surface area (Å²) in [6.45, 7) is 7.32. The molecular weight excluding hydrogens is 317 g/mol. The lowest BCUT2D eigenvalue weighted by Gasteiger charge is -2.26. The molecule has 4 nitrogen and oxygen atoms in total. The molecule has 0 spiro atoms. The zero-order chi connectivity index (χ0) is 17.6. The number of likely N-dealkylation sites (tertiary alicyclic amines) is 1. The Bertz CT molecular complexity index is 407. The van der Waals surface area contributed by atoms with Crippen molar-refractivity contribution in [1.29, 1.82) is 0 Å². The van der Waals surface area contributed by atoms with E-state index >= 15 is 0 Å². The summed E-state index contributed by atoms with van der Waals surface area (Å²) in [6, 6.07) is 0. The molecule has 0 aromatic carbocycles. The summed E-state index contributed by atoms with van der Waals surface area (Å²) in [5.41, 5.74) is 0. The van der Waals surface area contributed by atoms with Gasteiger partial charge in [0.15, 0.2) is 5.96 Å². The highest BCUT2D eigenvalue weighted by molar-refractivity contribution is 5.80. The van der Waals surface area contributed by atoms with E-state index in [4.69, 9.17) is 4.99 Å². The zero-order valence-electron chi connectivity index (χ0n) is 14.9. The Labute approximate surface area is 143 Å². The molecule has 1 saturated heterocycles. The maximum atomic E-state index is 12.6. The summed E-state index contributed by atoms with van der Waals surface area (Å²) >= 11 is 0. The lowest BCUT2D eigenvalue weighted by Crippen LogP contribution is -2.42. The van der Waals surface area contributed by atoms with Crippen molar-refractivity contribution in [3.63, 3.8) is 0 Å². The largest absolute Gasteiger partial charge is 0.401 e. The number of alkyl halides is 3. The van der Waals surface area contributed by atoms with Crippen molar-refractivity contribution in [2.75, 3.05) is 45.8 Å². The Morgan fingerprint density at radius 3 is 2.54 bits per heavy atom. The first-order valence-corrected chi connectivity index (χ1v) is 9.23. The second kappa shape index (κ2) is 8.92. The maximum Gasteiger partial charge on any atom is 0.401 e. The van der Waals surface area contributed by atoms with Gasteiger partial charge in [-0.3, -0.25) is 9.89 Å². The third-order valence-corrected chi connectivity index (χ3v) is 4.78. The van der Waals surface area contributed by atoms with Gasteiger partial charge in [0, 0.05) is 32.7 Å². The third kappa shape index (κ3) is 6.87. The monoisotopic (exact) mass is 348 g/mol. The Morgan fingerprint density at radius 1 is 1.21 bits per heavy atom. The van der Waals surface area contributed by atoms with Gasteiger partial charge in [0.2, 0.25) is 0 Å². The second-order valence-corrected chi connectivity index (χ2v) is 7.01. The predicted octanol–water partition coefficient (Wildman–Crippen LogP) is 2.96. The van der Waals surface area contributed by atoms with Gasteiger partial charge in [-0.2, -0.15) is 13.2 Å². The molecule has 1 unspecified atom stereocenters. The van der Waals surface area contributed by atoms with Crippen LogP contribution in [0.1, 0.15) is 39.5 Å². The molecular formula is C17H31F3N4. The first-order chi connectivity index (χ1) is 11.4. The van der Waals surface area contributed by atoms with E-state index in [2.05, 4.69) is 10.2 Å². The van der Waals surface area contributed by atoms with Gasteiger partial charge < -0.3 is 10.2 Å². The van der Waals surface area contributed by atoms with Crippen LogP contribution in [0.15, 0.2) is 4.99 Å². The molecule has 0 aromatic rings. The van der Waals surface area contributed by atoms with E-state index in [9.17, 15) is 13.2 Å². The van der Waals surface area contributed by atoms with Crippen molar-refractivity contribution in [3.05, 3.63) is 0 Å². The van der Waals surface area contributed by atoms with E-state index in [0.29, 0.717) is 13.1 Å². The van der Waals surface area contributed by atoms with Crippen molar-refractivity contribution in [2.45, 2.75) is 45.7 Å². The smallest absolute Gasteiger partial charge is 0.357 e. The Kier molecular flexibility index (Phi) is 7.19. The van der Waals surface area contributed by atoms with Gasteiger partial charge in [-0.1, -0.05) is 19.8 Å². The SMILES string of the molecule is CCNC(=NCCC1CC1)N1CCC(CN(CC)CC(F)(F)F)C1. The number of nitrogens with one attached hydrogen (secondary N) is 1. The highest BCUT2D eigenvalue weighted by Crippen LogP contribution is 2.32. The van der Waals surface area contributed by atoms with E-state index in [1.807, 2.05) is 6.92 Å². The minimum atomic E-state index is -4.12. The van der Waals surface area contributed by atoms with Gasteiger partial charge in [0.1, 0.15) is 0 Å². The second-order valence-electron chi connectivity index (χ2n) is 7.01. The molecule has 1 heterocycles. The molecule has 1 aliphatic carbocycles. The lowest BCUT2D eigenvalue weighted by molar-refractivity contribution is -0.146. The summed E-state index contributed by atoms with van der Waals surface area (Å²) in [4.78, 5) is 8.42. The fraction of sp³-hybridized carbons (Fsp3) is 0.941. The molecule has 0 bridgehead atoms. The first-order valence-electron chi connectivity index (χ1n) is 9.23. The minimum absolute atomic E-state index is 0.277. The number of nitrogens with zero attached hydrogens (tertiary/aromatic N) is 3. The standard InChI is InChI=1S/C17H31F3N4/c1-3-21-16(22-9-7-14-5-6-14)24-10-8-15(12-24)11-23(4-2)13-17(18,19)20/h14-15H,3-13H2,1-2H3,(H,21,22). The minimum Gasteiger partial charge on any atom is -0.357 e. The van der Waals surface area contributed by atoms with Crippen LogP contribution in [-0.4, -0.2) is 67.7 Å². The van der Waals surface area contributed by atoms with E-state index in [1.54, 1.807) is 6.92 Å². The Hall–Kier alpha value is -0.980. The fourth-order valence-electron chi connectivity index (χ4n) is 3.28. The molecule has 1 N–H and O–H groups in total. The van der Waals surface area contributed by atoms with Crippen LogP contribution in [0, 0.1) is 11.8 Å². The molecule has 1 saturated carbocycles. The molecule has 0 amide bonds. The number of hydrogen-bond acceptors (Lipinski definition) is 2. The molecule has 2 aliphatic rings. The van der Waals surface area contributed by atoms with Gasteiger partial charge in [-0.05, 0) is 38.1 Å². The Balaban J connectivity index is 1.82. The average Bonchev–Trinajstić information content (AvgIpc) is 3.21. The van der Waals surface area contributed by atoms with Gasteiger partial charge in [-0.25, -0.2) is 0 Å². The summed E-state index contributed by atoms with van der Waals surface area (Å²) < 4.78 is 37.8. The zero-order valence-corrected chi connectivity index (χ0v) is 14.9. The highest BCUT2D eigenvalue weighted by Gasteiger charge is 2.33. The predicted molar refractivity (Wildman–Crippen MR) is 91.2 cm³/mol. The summed E-state index contributed by atoms with van der Waals surface area (Å²) in [6.07, 6.45) is 0.643.